The summed E-state index contributed by atoms with van der Waals surface area (Å²) in [5.41, 5.74) is 0.997. The van der Waals surface area contributed by atoms with Crippen molar-refractivity contribution in [1.29, 1.82) is 0 Å². The van der Waals surface area contributed by atoms with Crippen molar-refractivity contribution in [1.82, 2.24) is 5.32 Å². The summed E-state index contributed by atoms with van der Waals surface area (Å²) in [6, 6.07) is 8.56. The topological polar surface area (TPSA) is 21.3 Å². The van der Waals surface area contributed by atoms with Gasteiger partial charge in [-0.1, -0.05) is 18.2 Å². The summed E-state index contributed by atoms with van der Waals surface area (Å²) in [6.07, 6.45) is 0. The van der Waals surface area contributed by atoms with Crippen LogP contribution in [0.2, 0.25) is 0 Å². The zero-order valence-electron chi connectivity index (χ0n) is 11.1. The molecular formula is C15H14F3NO. The third-order valence-electron chi connectivity index (χ3n) is 3.08. The maximum Gasteiger partial charge on any atom is 0.194 e. The van der Waals surface area contributed by atoms with Crippen molar-refractivity contribution >= 4 is 0 Å². The fraction of sp³-hybridized carbons (Fsp3) is 0.200. The van der Waals surface area contributed by atoms with Gasteiger partial charge in [0, 0.05) is 5.56 Å². The van der Waals surface area contributed by atoms with Gasteiger partial charge in [0.15, 0.2) is 17.5 Å². The fourth-order valence-corrected chi connectivity index (χ4v) is 2.15. The molecule has 2 aromatic rings. The van der Waals surface area contributed by atoms with Crippen molar-refractivity contribution in [2.24, 2.45) is 0 Å². The van der Waals surface area contributed by atoms with Crippen LogP contribution in [-0.2, 0) is 0 Å². The Morgan fingerprint density at radius 1 is 1.05 bits per heavy atom. The number of nitrogens with one attached hydrogen (secondary N) is 1. The molecule has 0 saturated heterocycles. The average Bonchev–Trinajstić information content (AvgIpc) is 2.46. The third-order valence-corrected chi connectivity index (χ3v) is 3.08. The molecular weight excluding hydrogens is 267 g/mol. The average molecular weight is 281 g/mol. The van der Waals surface area contributed by atoms with Crippen molar-refractivity contribution in [3.8, 4) is 5.75 Å². The lowest BCUT2D eigenvalue weighted by Crippen LogP contribution is -2.19. The lowest BCUT2D eigenvalue weighted by Gasteiger charge is -2.20. The van der Waals surface area contributed by atoms with E-state index in [1.165, 1.54) is 7.11 Å². The minimum atomic E-state index is -1.47. The van der Waals surface area contributed by atoms with Crippen LogP contribution in [0.15, 0.2) is 36.4 Å². The van der Waals surface area contributed by atoms with Crippen molar-refractivity contribution in [2.75, 3.05) is 14.2 Å². The molecule has 0 aliphatic heterocycles. The molecule has 2 rings (SSSR count). The van der Waals surface area contributed by atoms with E-state index in [4.69, 9.17) is 4.74 Å². The van der Waals surface area contributed by atoms with Crippen LogP contribution in [0.1, 0.15) is 17.2 Å². The quantitative estimate of drug-likeness (QED) is 0.867. The molecule has 0 heterocycles. The SMILES string of the molecule is CNC(c1cc(F)c(F)c(F)c1)c1ccccc1OC. The van der Waals surface area contributed by atoms with E-state index in [-0.39, 0.29) is 5.56 Å². The molecule has 0 radical (unpaired) electrons. The summed E-state index contributed by atoms with van der Waals surface area (Å²) >= 11 is 0. The Balaban J connectivity index is 2.52. The van der Waals surface area contributed by atoms with E-state index in [1.807, 2.05) is 0 Å². The van der Waals surface area contributed by atoms with Crippen LogP contribution < -0.4 is 10.1 Å². The number of methoxy groups -OCH3 is 1. The lowest BCUT2D eigenvalue weighted by atomic mass is 9.97. The molecule has 0 bridgehead atoms. The summed E-state index contributed by atoms with van der Waals surface area (Å²) in [4.78, 5) is 0. The maximum absolute atomic E-state index is 13.4. The Morgan fingerprint density at radius 3 is 2.20 bits per heavy atom. The van der Waals surface area contributed by atoms with Crippen molar-refractivity contribution in [3.63, 3.8) is 0 Å². The Kier molecular flexibility index (Phi) is 4.29. The minimum absolute atomic E-state index is 0.286. The molecule has 1 atom stereocenters. The Bertz CT molecular complexity index is 593. The van der Waals surface area contributed by atoms with Gasteiger partial charge in [0.1, 0.15) is 5.75 Å². The van der Waals surface area contributed by atoms with Crippen molar-refractivity contribution in [2.45, 2.75) is 6.04 Å². The Labute approximate surface area is 115 Å². The smallest absolute Gasteiger partial charge is 0.194 e. The first kappa shape index (κ1) is 14.4. The molecule has 106 valence electrons. The van der Waals surface area contributed by atoms with E-state index in [9.17, 15) is 13.2 Å². The maximum atomic E-state index is 13.4. The van der Waals surface area contributed by atoms with Crippen LogP contribution in [0.4, 0.5) is 13.2 Å². The second-order valence-corrected chi connectivity index (χ2v) is 4.26. The first-order valence-corrected chi connectivity index (χ1v) is 6.03. The fourth-order valence-electron chi connectivity index (χ4n) is 2.15. The van der Waals surface area contributed by atoms with E-state index in [0.29, 0.717) is 11.3 Å². The zero-order valence-corrected chi connectivity index (χ0v) is 11.1. The highest BCUT2D eigenvalue weighted by Gasteiger charge is 2.20. The number of hydrogen-bond acceptors (Lipinski definition) is 2. The number of ether oxygens (including phenoxy) is 1. The number of halogens is 3. The highest BCUT2D eigenvalue weighted by Crippen LogP contribution is 2.30. The van der Waals surface area contributed by atoms with E-state index >= 15 is 0 Å². The zero-order chi connectivity index (χ0) is 14.7. The first-order valence-electron chi connectivity index (χ1n) is 6.03. The highest BCUT2D eigenvalue weighted by atomic mass is 19.2. The highest BCUT2D eigenvalue weighted by molar-refractivity contribution is 5.41. The molecule has 0 fully saturated rings. The molecule has 5 heteroatoms. The molecule has 0 amide bonds. The molecule has 0 spiro atoms. The molecule has 1 N–H and O–H groups in total. The van der Waals surface area contributed by atoms with Crippen LogP contribution in [0, 0.1) is 17.5 Å². The lowest BCUT2D eigenvalue weighted by molar-refractivity contribution is 0.404. The predicted molar refractivity (Wildman–Crippen MR) is 70.2 cm³/mol. The molecule has 1 unspecified atom stereocenters. The standard InChI is InChI=1S/C15H14F3NO/c1-19-15(10-5-3-4-6-13(10)20-2)9-7-11(16)14(18)12(17)8-9/h3-8,15,19H,1-2H3. The van der Waals surface area contributed by atoms with E-state index in [2.05, 4.69) is 5.32 Å². The third kappa shape index (κ3) is 2.63. The van der Waals surface area contributed by atoms with Crippen molar-refractivity contribution in [3.05, 3.63) is 65.0 Å². The molecule has 0 aliphatic rings. The summed E-state index contributed by atoms with van der Waals surface area (Å²) in [5.74, 6) is -3.31. The number of benzene rings is 2. The van der Waals surface area contributed by atoms with Gasteiger partial charge in [0.05, 0.1) is 13.2 Å². The van der Waals surface area contributed by atoms with E-state index in [1.54, 1.807) is 31.3 Å². The second-order valence-electron chi connectivity index (χ2n) is 4.26. The van der Waals surface area contributed by atoms with Crippen LogP contribution >= 0.6 is 0 Å². The number of rotatable bonds is 4. The Morgan fingerprint density at radius 2 is 1.65 bits per heavy atom. The molecule has 0 aliphatic carbocycles. The van der Waals surface area contributed by atoms with Crippen LogP contribution in [0.5, 0.6) is 5.75 Å². The minimum Gasteiger partial charge on any atom is -0.496 e. The predicted octanol–water partition coefficient (Wildman–Crippen LogP) is 3.42. The number of hydrogen-bond donors (Lipinski definition) is 1. The van der Waals surface area contributed by atoms with Gasteiger partial charge >= 0.3 is 0 Å². The van der Waals surface area contributed by atoms with Gasteiger partial charge in [-0.25, -0.2) is 13.2 Å². The van der Waals surface area contributed by atoms with Gasteiger partial charge in [0.2, 0.25) is 0 Å². The van der Waals surface area contributed by atoms with Gasteiger partial charge in [-0.15, -0.1) is 0 Å². The van der Waals surface area contributed by atoms with Gasteiger partial charge in [0.25, 0.3) is 0 Å². The van der Waals surface area contributed by atoms with Gasteiger partial charge in [-0.3, -0.25) is 0 Å². The van der Waals surface area contributed by atoms with Crippen molar-refractivity contribution < 1.29 is 17.9 Å². The molecule has 0 aromatic heterocycles. The van der Waals surface area contributed by atoms with Gasteiger partial charge in [-0.2, -0.15) is 0 Å². The van der Waals surface area contributed by atoms with Gasteiger partial charge < -0.3 is 10.1 Å². The normalized spacial score (nSPS) is 12.2. The summed E-state index contributed by atoms with van der Waals surface area (Å²) < 4.78 is 45.0. The van der Waals surface area contributed by atoms with Gasteiger partial charge in [-0.05, 0) is 30.8 Å². The number of para-hydroxylation sites is 1. The first-order chi connectivity index (χ1) is 9.58. The monoisotopic (exact) mass is 281 g/mol. The van der Waals surface area contributed by atoms with Crippen LogP contribution in [0.3, 0.4) is 0 Å². The molecule has 2 aromatic carbocycles. The summed E-state index contributed by atoms with van der Waals surface area (Å²) in [5, 5.41) is 2.95. The largest absolute Gasteiger partial charge is 0.496 e. The molecule has 2 nitrogen and oxygen atoms in total. The Hall–Kier alpha value is -2.01. The van der Waals surface area contributed by atoms with Crippen LogP contribution in [-0.4, -0.2) is 14.2 Å². The van der Waals surface area contributed by atoms with Crippen LogP contribution in [0.25, 0.3) is 0 Å². The van der Waals surface area contributed by atoms with E-state index < -0.39 is 23.5 Å². The molecule has 20 heavy (non-hydrogen) atoms. The van der Waals surface area contributed by atoms with E-state index in [0.717, 1.165) is 12.1 Å². The second kappa shape index (κ2) is 5.96. The summed E-state index contributed by atoms with van der Waals surface area (Å²) in [6.45, 7) is 0. The molecule has 0 saturated carbocycles. The summed E-state index contributed by atoms with van der Waals surface area (Å²) in [7, 11) is 3.16.